The Bertz CT molecular complexity index is 1030. The number of imidazole rings is 1. The van der Waals surface area contributed by atoms with Gasteiger partial charge in [-0.15, -0.1) is 0 Å². The number of hydrogen-bond donors (Lipinski definition) is 2. The van der Waals surface area contributed by atoms with Crippen molar-refractivity contribution in [2.45, 2.75) is 6.92 Å². The lowest BCUT2D eigenvalue weighted by Crippen LogP contribution is -2.13. The van der Waals surface area contributed by atoms with Gasteiger partial charge in [0, 0.05) is 41.1 Å². The molecule has 4 rings (SSSR count). The molecule has 0 aliphatic carbocycles. The quantitative estimate of drug-likeness (QED) is 0.608. The molecule has 0 aliphatic rings. The molecule has 2 N–H and O–H groups in total. The summed E-state index contributed by atoms with van der Waals surface area (Å²) in [5, 5.41) is 3.79. The zero-order valence-corrected chi connectivity index (χ0v) is 12.9. The highest BCUT2D eigenvalue weighted by molar-refractivity contribution is 6.05. The Morgan fingerprint density at radius 1 is 1.17 bits per heavy atom. The van der Waals surface area contributed by atoms with Crippen molar-refractivity contribution in [2.75, 3.05) is 5.32 Å². The standard InChI is InChI=1S/C17H14N6O/c1-11-18-6-7-23(11)16-9-15(20-10-21-16)22-17(24)13-2-3-14-12(8-13)4-5-19-14/h2-10,19H,1H3,(H,20,21,22,24). The second kappa shape index (κ2) is 5.62. The number of benzene rings is 1. The summed E-state index contributed by atoms with van der Waals surface area (Å²) >= 11 is 0. The third-order valence-electron chi connectivity index (χ3n) is 3.78. The van der Waals surface area contributed by atoms with E-state index >= 15 is 0 Å². The van der Waals surface area contributed by atoms with Crippen molar-refractivity contribution in [3.63, 3.8) is 0 Å². The molecule has 4 aromatic rings. The van der Waals surface area contributed by atoms with Gasteiger partial charge in [-0.05, 0) is 31.2 Å². The molecule has 0 bridgehead atoms. The number of carbonyl (C=O) groups excluding carboxylic acids is 1. The van der Waals surface area contributed by atoms with Crippen LogP contribution in [0.15, 0.2) is 55.2 Å². The van der Waals surface area contributed by atoms with Crippen molar-refractivity contribution < 1.29 is 4.79 Å². The zero-order valence-electron chi connectivity index (χ0n) is 12.9. The second-order valence-electron chi connectivity index (χ2n) is 5.34. The molecule has 0 saturated heterocycles. The second-order valence-corrected chi connectivity index (χ2v) is 5.34. The summed E-state index contributed by atoms with van der Waals surface area (Å²) in [5.41, 5.74) is 1.56. The van der Waals surface area contributed by atoms with Crippen LogP contribution in [0.2, 0.25) is 0 Å². The number of anilines is 1. The van der Waals surface area contributed by atoms with Gasteiger partial charge in [-0.3, -0.25) is 9.36 Å². The normalized spacial score (nSPS) is 10.9. The first-order valence-corrected chi connectivity index (χ1v) is 7.41. The molecule has 0 unspecified atom stereocenters. The van der Waals surface area contributed by atoms with Crippen LogP contribution in [0, 0.1) is 6.92 Å². The predicted molar refractivity (Wildman–Crippen MR) is 90.1 cm³/mol. The average molecular weight is 318 g/mol. The van der Waals surface area contributed by atoms with Gasteiger partial charge in [-0.1, -0.05) is 0 Å². The lowest BCUT2D eigenvalue weighted by atomic mass is 10.1. The van der Waals surface area contributed by atoms with E-state index in [9.17, 15) is 4.79 Å². The first kappa shape index (κ1) is 14.1. The Morgan fingerprint density at radius 2 is 2.08 bits per heavy atom. The lowest BCUT2D eigenvalue weighted by Gasteiger charge is -2.07. The zero-order chi connectivity index (χ0) is 16.5. The van der Waals surface area contributed by atoms with Crippen molar-refractivity contribution in [3.05, 3.63) is 66.6 Å². The molecule has 0 atom stereocenters. The highest BCUT2D eigenvalue weighted by Gasteiger charge is 2.10. The van der Waals surface area contributed by atoms with Crippen LogP contribution >= 0.6 is 0 Å². The largest absolute Gasteiger partial charge is 0.361 e. The van der Waals surface area contributed by atoms with E-state index in [1.54, 1.807) is 18.3 Å². The Balaban J connectivity index is 1.60. The van der Waals surface area contributed by atoms with Crippen LogP contribution in [-0.2, 0) is 0 Å². The minimum Gasteiger partial charge on any atom is -0.361 e. The van der Waals surface area contributed by atoms with Crippen molar-refractivity contribution in [2.24, 2.45) is 0 Å². The van der Waals surface area contributed by atoms with Gasteiger partial charge in [0.05, 0.1) is 0 Å². The maximum atomic E-state index is 12.4. The van der Waals surface area contributed by atoms with E-state index < -0.39 is 0 Å². The number of aromatic amines is 1. The van der Waals surface area contributed by atoms with Crippen molar-refractivity contribution in [3.8, 4) is 5.82 Å². The molecular weight excluding hydrogens is 304 g/mol. The molecule has 118 valence electrons. The van der Waals surface area contributed by atoms with Crippen molar-refractivity contribution in [1.29, 1.82) is 0 Å². The average Bonchev–Trinajstić information content (AvgIpc) is 3.22. The first-order valence-electron chi connectivity index (χ1n) is 7.41. The van der Waals surface area contributed by atoms with Gasteiger partial charge < -0.3 is 10.3 Å². The molecule has 24 heavy (non-hydrogen) atoms. The highest BCUT2D eigenvalue weighted by atomic mass is 16.1. The number of aryl methyl sites for hydroxylation is 1. The highest BCUT2D eigenvalue weighted by Crippen LogP contribution is 2.16. The van der Waals surface area contributed by atoms with E-state index in [1.165, 1.54) is 6.33 Å². The van der Waals surface area contributed by atoms with E-state index in [0.717, 1.165) is 16.7 Å². The topological polar surface area (TPSA) is 88.5 Å². The summed E-state index contributed by atoms with van der Waals surface area (Å²) in [6, 6.07) is 9.13. The summed E-state index contributed by atoms with van der Waals surface area (Å²) in [5.74, 6) is 1.68. The minimum absolute atomic E-state index is 0.217. The molecule has 0 spiro atoms. The van der Waals surface area contributed by atoms with E-state index in [0.29, 0.717) is 17.2 Å². The summed E-state index contributed by atoms with van der Waals surface area (Å²) in [6.45, 7) is 1.88. The molecule has 0 saturated carbocycles. The molecule has 0 fully saturated rings. The molecule has 1 aromatic carbocycles. The number of amides is 1. The van der Waals surface area contributed by atoms with Crippen LogP contribution in [0.4, 0.5) is 5.82 Å². The molecule has 3 aromatic heterocycles. The molecule has 1 amide bonds. The van der Waals surface area contributed by atoms with Crippen LogP contribution in [0.1, 0.15) is 16.2 Å². The van der Waals surface area contributed by atoms with Crippen molar-refractivity contribution in [1.82, 2.24) is 24.5 Å². The Morgan fingerprint density at radius 3 is 2.92 bits per heavy atom. The SMILES string of the molecule is Cc1nccn1-c1cc(NC(=O)c2ccc3[nH]ccc3c2)ncn1. The van der Waals surface area contributed by atoms with E-state index in [4.69, 9.17) is 0 Å². The fourth-order valence-electron chi connectivity index (χ4n) is 2.55. The van der Waals surface area contributed by atoms with Crippen LogP contribution in [0.25, 0.3) is 16.7 Å². The predicted octanol–water partition coefficient (Wildman–Crippen LogP) is 2.70. The number of carbonyl (C=O) groups is 1. The number of fused-ring (bicyclic) bond motifs is 1. The first-order chi connectivity index (χ1) is 11.7. The van der Waals surface area contributed by atoms with Crippen LogP contribution in [-0.4, -0.2) is 30.4 Å². The number of rotatable bonds is 3. The van der Waals surface area contributed by atoms with Crippen LogP contribution in [0.5, 0.6) is 0 Å². The van der Waals surface area contributed by atoms with Crippen LogP contribution in [0.3, 0.4) is 0 Å². The van der Waals surface area contributed by atoms with Crippen LogP contribution < -0.4 is 5.32 Å². The Hall–Kier alpha value is -3.48. The summed E-state index contributed by atoms with van der Waals surface area (Å²) in [7, 11) is 0. The number of nitrogens with one attached hydrogen (secondary N) is 2. The Kier molecular flexibility index (Phi) is 3.31. The third kappa shape index (κ3) is 2.52. The maximum Gasteiger partial charge on any atom is 0.256 e. The van der Waals surface area contributed by atoms with Gasteiger partial charge in [0.15, 0.2) is 0 Å². The molecular formula is C17H14N6O. The molecule has 3 heterocycles. The smallest absolute Gasteiger partial charge is 0.256 e. The summed E-state index contributed by atoms with van der Waals surface area (Å²) in [6.07, 6.45) is 6.77. The monoisotopic (exact) mass is 318 g/mol. The fourth-order valence-corrected chi connectivity index (χ4v) is 2.55. The van der Waals surface area contributed by atoms with Crippen molar-refractivity contribution >= 4 is 22.6 Å². The molecule has 7 heteroatoms. The van der Waals surface area contributed by atoms with Gasteiger partial charge >= 0.3 is 0 Å². The fraction of sp³-hybridized carbons (Fsp3) is 0.0588. The maximum absolute atomic E-state index is 12.4. The van der Waals surface area contributed by atoms with E-state index in [-0.39, 0.29) is 5.91 Å². The lowest BCUT2D eigenvalue weighted by molar-refractivity contribution is 0.102. The molecule has 0 aliphatic heterocycles. The van der Waals surface area contributed by atoms with Gasteiger partial charge in [0.2, 0.25) is 0 Å². The van der Waals surface area contributed by atoms with Gasteiger partial charge in [-0.2, -0.15) is 0 Å². The number of H-pyrrole nitrogens is 1. The van der Waals surface area contributed by atoms with Gasteiger partial charge in [-0.25, -0.2) is 15.0 Å². The molecule has 7 nitrogen and oxygen atoms in total. The van der Waals surface area contributed by atoms with E-state index in [1.807, 2.05) is 42.1 Å². The summed E-state index contributed by atoms with van der Waals surface area (Å²) in [4.78, 5) is 28.0. The summed E-state index contributed by atoms with van der Waals surface area (Å²) < 4.78 is 1.82. The van der Waals surface area contributed by atoms with Gasteiger partial charge in [0.1, 0.15) is 23.8 Å². The third-order valence-corrected chi connectivity index (χ3v) is 3.78. The number of hydrogen-bond acceptors (Lipinski definition) is 4. The van der Waals surface area contributed by atoms with Gasteiger partial charge in [0.25, 0.3) is 5.91 Å². The Labute approximate surface area is 137 Å². The number of nitrogens with zero attached hydrogens (tertiary/aromatic N) is 4. The van der Waals surface area contributed by atoms with E-state index in [2.05, 4.69) is 25.3 Å². The minimum atomic E-state index is -0.217. The molecule has 0 radical (unpaired) electrons. The number of aromatic nitrogens is 5.